The molecule has 0 saturated heterocycles. The summed E-state index contributed by atoms with van der Waals surface area (Å²) in [5.41, 5.74) is 14.0. The van der Waals surface area contributed by atoms with Crippen molar-refractivity contribution in [1.82, 2.24) is 24.8 Å². The second kappa shape index (κ2) is 15.6. The Morgan fingerprint density at radius 2 is 0.887 bits per heavy atom. The molecule has 0 unspecified atom stereocenters. The molecule has 0 atom stereocenters. The van der Waals surface area contributed by atoms with Gasteiger partial charge in [0.1, 0.15) is 0 Å². The molecule has 1 aliphatic heterocycles. The number of nitrogens with one attached hydrogen (secondary N) is 2. The van der Waals surface area contributed by atoms with E-state index in [1.807, 2.05) is 78.9 Å². The molecule has 0 saturated carbocycles. The van der Waals surface area contributed by atoms with Crippen molar-refractivity contribution in [2.24, 2.45) is 0 Å². The zero-order valence-corrected chi connectivity index (χ0v) is 33.6. The Morgan fingerprint density at radius 3 is 1.48 bits per heavy atom. The average Bonchev–Trinajstić information content (AvgIpc) is 3.69. The van der Waals surface area contributed by atoms with Crippen LogP contribution in [0.25, 0.3) is 84.7 Å². The minimum atomic E-state index is 0.420. The van der Waals surface area contributed by atoms with E-state index in [2.05, 4.69) is 149 Å². The third kappa shape index (κ3) is 6.66. The van der Waals surface area contributed by atoms with Crippen molar-refractivity contribution in [3.8, 4) is 39.9 Å². The van der Waals surface area contributed by atoms with E-state index in [1.54, 1.807) is 0 Å². The van der Waals surface area contributed by atoms with E-state index in [0.29, 0.717) is 23.2 Å². The minimum absolute atomic E-state index is 0.420. The number of hydrogen-bond donors (Lipinski definition) is 2. The van der Waals surface area contributed by atoms with Gasteiger partial charge in [0.25, 0.3) is 0 Å². The molecule has 10 aromatic rings. The third-order valence-corrected chi connectivity index (χ3v) is 11.5. The monoisotopic (exact) mass is 794 g/mol. The number of rotatable bonds is 8. The predicted molar refractivity (Wildman–Crippen MR) is 254 cm³/mol. The zero-order chi connectivity index (χ0) is 41.4. The molecule has 62 heavy (non-hydrogen) atoms. The van der Waals surface area contributed by atoms with Crippen LogP contribution in [0.1, 0.15) is 27.8 Å². The van der Waals surface area contributed by atoms with E-state index in [0.717, 1.165) is 78.2 Å². The van der Waals surface area contributed by atoms with Crippen molar-refractivity contribution < 1.29 is 0 Å². The molecule has 3 heterocycles. The van der Waals surface area contributed by atoms with Crippen molar-refractivity contribution in [3.63, 3.8) is 0 Å². The third-order valence-electron chi connectivity index (χ3n) is 11.5. The van der Waals surface area contributed by atoms with Gasteiger partial charge in [0, 0.05) is 55.5 Å². The van der Waals surface area contributed by atoms with Gasteiger partial charge < -0.3 is 9.88 Å². The second-order valence-electron chi connectivity index (χ2n) is 15.3. The first-order valence-corrected chi connectivity index (χ1v) is 20.7. The molecule has 8 aromatic carbocycles. The molecule has 0 fully saturated rings. The van der Waals surface area contributed by atoms with Crippen molar-refractivity contribution >= 4 is 50.6 Å². The zero-order valence-electron chi connectivity index (χ0n) is 33.6. The van der Waals surface area contributed by atoms with Gasteiger partial charge >= 0.3 is 0 Å². The number of fused-ring (bicyclic) bond motifs is 4. The SMILES string of the molecule is N=C(/C(=C1\NC(c2ccccc2)=Cc2ccccc21)c1ccc(-c2nc(-c3ccccc3)nc(-c3ccc(-n4c5ccccc5c5ccccc54)cc3)n2)cc1)c1ccccc1. The molecule has 0 spiro atoms. The van der Waals surface area contributed by atoms with E-state index in [1.165, 1.54) is 10.8 Å². The number of nitrogens with zero attached hydrogens (tertiary/aromatic N) is 4. The molecule has 2 aromatic heterocycles. The number of hydrogen-bond acceptors (Lipinski definition) is 5. The van der Waals surface area contributed by atoms with Crippen LogP contribution in [0.15, 0.2) is 212 Å². The predicted octanol–water partition coefficient (Wildman–Crippen LogP) is 13.0. The first-order valence-electron chi connectivity index (χ1n) is 20.7. The standard InChI is InChI=1S/C56H38N6/c57-52(39-18-6-2-7-19-39)51(53-45-23-11-10-22-43(45)36-48(58-53)37-16-4-1-5-17-37)38-28-30-41(31-29-38)55-59-54(40-20-8-3-9-21-40)60-56(61-55)42-32-34-44(35-33-42)62-49-26-14-12-24-46(49)47-25-13-15-27-50(47)62/h1-36,57-58H/b53-51-,57-52?. The Kier molecular flexibility index (Phi) is 9.21. The molecule has 11 rings (SSSR count). The first kappa shape index (κ1) is 36.6. The Hall–Kier alpha value is -8.48. The maximum Gasteiger partial charge on any atom is 0.164 e. The maximum absolute atomic E-state index is 9.73. The number of allylic oxidation sites excluding steroid dienone is 1. The van der Waals surface area contributed by atoms with Crippen LogP contribution < -0.4 is 5.32 Å². The minimum Gasteiger partial charge on any atom is -0.354 e. The van der Waals surface area contributed by atoms with Crippen molar-refractivity contribution in [1.29, 1.82) is 5.41 Å². The maximum atomic E-state index is 9.73. The molecule has 2 N–H and O–H groups in total. The lowest BCUT2D eigenvalue weighted by Crippen LogP contribution is -2.20. The van der Waals surface area contributed by atoms with E-state index >= 15 is 0 Å². The van der Waals surface area contributed by atoms with Crippen molar-refractivity contribution in [3.05, 3.63) is 240 Å². The fourth-order valence-electron chi connectivity index (χ4n) is 8.47. The van der Waals surface area contributed by atoms with Crippen LogP contribution in [0.2, 0.25) is 0 Å². The largest absolute Gasteiger partial charge is 0.354 e. The first-order chi connectivity index (χ1) is 30.7. The van der Waals surface area contributed by atoms with Crippen LogP contribution in [0.3, 0.4) is 0 Å². The van der Waals surface area contributed by atoms with Crippen LogP contribution in [-0.2, 0) is 0 Å². The highest BCUT2D eigenvalue weighted by molar-refractivity contribution is 6.36. The quantitative estimate of drug-likeness (QED) is 0.150. The average molecular weight is 795 g/mol. The summed E-state index contributed by atoms with van der Waals surface area (Å²) >= 11 is 0. The molecule has 0 amide bonds. The number of benzene rings is 8. The van der Waals surface area contributed by atoms with Gasteiger partial charge in [-0.25, -0.2) is 15.0 Å². The lowest BCUT2D eigenvalue weighted by molar-refractivity contribution is 1.07. The van der Waals surface area contributed by atoms with Gasteiger partial charge in [0.2, 0.25) is 0 Å². The summed E-state index contributed by atoms with van der Waals surface area (Å²) in [7, 11) is 0. The molecule has 0 radical (unpaired) electrons. The molecular formula is C56H38N6. The van der Waals surface area contributed by atoms with Crippen LogP contribution in [0, 0.1) is 5.41 Å². The molecule has 1 aliphatic rings. The van der Waals surface area contributed by atoms with Gasteiger partial charge in [-0.2, -0.15) is 0 Å². The Morgan fingerprint density at radius 1 is 0.419 bits per heavy atom. The van der Waals surface area contributed by atoms with Gasteiger partial charge in [-0.3, -0.25) is 5.41 Å². The van der Waals surface area contributed by atoms with E-state index in [-0.39, 0.29) is 0 Å². The van der Waals surface area contributed by atoms with Gasteiger partial charge in [-0.05, 0) is 59.2 Å². The Labute approximate surface area is 359 Å². The Balaban J connectivity index is 1.02. The van der Waals surface area contributed by atoms with Crippen LogP contribution in [0.4, 0.5) is 0 Å². The highest BCUT2D eigenvalue weighted by Gasteiger charge is 2.24. The highest BCUT2D eigenvalue weighted by Crippen LogP contribution is 2.37. The summed E-state index contributed by atoms with van der Waals surface area (Å²) in [4.78, 5) is 15.2. The lowest BCUT2D eigenvalue weighted by Gasteiger charge is -2.26. The summed E-state index contributed by atoms with van der Waals surface area (Å²) < 4.78 is 2.31. The fraction of sp³-hybridized carbons (Fsp3) is 0. The smallest absolute Gasteiger partial charge is 0.164 e. The molecule has 6 nitrogen and oxygen atoms in total. The van der Waals surface area contributed by atoms with E-state index in [9.17, 15) is 5.41 Å². The normalized spacial score (nSPS) is 13.0. The van der Waals surface area contributed by atoms with Gasteiger partial charge in [0.05, 0.1) is 22.4 Å². The molecule has 0 bridgehead atoms. The van der Waals surface area contributed by atoms with Gasteiger partial charge in [-0.1, -0.05) is 176 Å². The fourth-order valence-corrected chi connectivity index (χ4v) is 8.47. The number of aromatic nitrogens is 4. The van der Waals surface area contributed by atoms with Crippen molar-refractivity contribution in [2.45, 2.75) is 0 Å². The van der Waals surface area contributed by atoms with Gasteiger partial charge in [-0.15, -0.1) is 0 Å². The van der Waals surface area contributed by atoms with Crippen LogP contribution in [0.5, 0.6) is 0 Å². The molecule has 0 aliphatic carbocycles. The highest BCUT2D eigenvalue weighted by atomic mass is 15.0. The molecule has 292 valence electrons. The van der Waals surface area contributed by atoms with Crippen molar-refractivity contribution in [2.75, 3.05) is 0 Å². The number of para-hydroxylation sites is 2. The summed E-state index contributed by atoms with van der Waals surface area (Å²) in [6.07, 6.45) is 2.18. The topological polar surface area (TPSA) is 79.5 Å². The summed E-state index contributed by atoms with van der Waals surface area (Å²) in [5, 5.41) is 15.9. The van der Waals surface area contributed by atoms with Gasteiger partial charge in [0.15, 0.2) is 17.5 Å². The summed E-state index contributed by atoms with van der Waals surface area (Å²) in [6, 6.07) is 72.5. The second-order valence-corrected chi connectivity index (χ2v) is 15.3. The van der Waals surface area contributed by atoms with E-state index in [4.69, 9.17) is 15.0 Å². The van der Waals surface area contributed by atoms with Crippen LogP contribution >= 0.6 is 0 Å². The summed E-state index contributed by atoms with van der Waals surface area (Å²) in [6.45, 7) is 0. The molecular weight excluding hydrogens is 757 g/mol. The van der Waals surface area contributed by atoms with Crippen LogP contribution in [-0.4, -0.2) is 25.2 Å². The molecule has 6 heteroatoms. The Bertz CT molecular complexity index is 3300. The lowest BCUT2D eigenvalue weighted by atomic mass is 9.87. The van der Waals surface area contributed by atoms with E-state index < -0.39 is 0 Å². The summed E-state index contributed by atoms with van der Waals surface area (Å²) in [5.74, 6) is 1.75.